The average molecular weight is 138 g/mol. The minimum atomic E-state index is -1.13. The number of hydrogen-bond donors (Lipinski definition) is 0. The normalized spacial score (nSPS) is 21.9. The standard InChI is InChI=1S/C8H7FO/c9-8-5-6-3-1-2-4-7(6)10-8/h1-4,8H,5H2. The molecule has 1 aliphatic heterocycles. The van der Waals surface area contributed by atoms with Gasteiger partial charge in [-0.05, 0) is 6.07 Å². The first-order valence-electron chi connectivity index (χ1n) is 3.25. The lowest BCUT2D eigenvalue weighted by molar-refractivity contribution is 0.0911. The number of hydrogen-bond acceptors (Lipinski definition) is 1. The Morgan fingerprint density at radius 3 is 3.00 bits per heavy atom. The maximum Gasteiger partial charge on any atom is 0.242 e. The topological polar surface area (TPSA) is 9.23 Å². The predicted octanol–water partition coefficient (Wildman–Crippen LogP) is 1.92. The molecule has 1 atom stereocenters. The zero-order chi connectivity index (χ0) is 6.97. The molecule has 0 N–H and O–H groups in total. The van der Waals surface area contributed by atoms with Gasteiger partial charge in [-0.2, -0.15) is 0 Å². The zero-order valence-electron chi connectivity index (χ0n) is 5.38. The average Bonchev–Trinajstić information content (AvgIpc) is 2.27. The number of alkyl halides is 1. The minimum Gasteiger partial charge on any atom is -0.460 e. The van der Waals surface area contributed by atoms with Crippen molar-refractivity contribution in [1.29, 1.82) is 0 Å². The lowest BCUT2D eigenvalue weighted by atomic mass is 10.2. The summed E-state index contributed by atoms with van der Waals surface area (Å²) in [7, 11) is 0. The molecule has 0 saturated heterocycles. The molecule has 2 heteroatoms. The second-order valence-electron chi connectivity index (χ2n) is 2.34. The Balaban J connectivity index is 2.42. The summed E-state index contributed by atoms with van der Waals surface area (Å²) in [4.78, 5) is 0. The Morgan fingerprint density at radius 1 is 1.40 bits per heavy atom. The van der Waals surface area contributed by atoms with Crippen molar-refractivity contribution in [3.8, 4) is 5.75 Å². The Labute approximate surface area is 58.4 Å². The van der Waals surface area contributed by atoms with Gasteiger partial charge in [0.1, 0.15) is 5.75 Å². The summed E-state index contributed by atoms with van der Waals surface area (Å²) in [6, 6.07) is 7.40. The number of halogens is 1. The molecular weight excluding hydrogens is 131 g/mol. The fourth-order valence-electron chi connectivity index (χ4n) is 1.14. The lowest BCUT2D eigenvalue weighted by Crippen LogP contribution is -2.02. The monoisotopic (exact) mass is 138 g/mol. The van der Waals surface area contributed by atoms with Crippen molar-refractivity contribution >= 4 is 0 Å². The summed E-state index contributed by atoms with van der Waals surface area (Å²) in [5.41, 5.74) is 0.968. The van der Waals surface area contributed by atoms with E-state index in [1.165, 1.54) is 0 Å². The fraction of sp³-hybridized carbons (Fsp3) is 0.250. The maximum absolute atomic E-state index is 12.5. The van der Waals surface area contributed by atoms with Crippen LogP contribution >= 0.6 is 0 Å². The molecular formula is C8H7FO. The van der Waals surface area contributed by atoms with Gasteiger partial charge in [0.15, 0.2) is 0 Å². The van der Waals surface area contributed by atoms with Gasteiger partial charge < -0.3 is 4.74 Å². The molecule has 1 nitrogen and oxygen atoms in total. The molecule has 2 rings (SSSR count). The summed E-state index contributed by atoms with van der Waals surface area (Å²) in [6.07, 6.45) is -0.728. The van der Waals surface area contributed by atoms with Crippen LogP contribution in [0.5, 0.6) is 5.75 Å². The molecule has 52 valence electrons. The lowest BCUT2D eigenvalue weighted by Gasteiger charge is -1.97. The molecule has 1 unspecified atom stereocenters. The van der Waals surface area contributed by atoms with E-state index in [9.17, 15) is 4.39 Å². The first kappa shape index (κ1) is 5.71. The van der Waals surface area contributed by atoms with E-state index in [-0.39, 0.29) is 0 Å². The van der Waals surface area contributed by atoms with Gasteiger partial charge in [-0.1, -0.05) is 18.2 Å². The Morgan fingerprint density at radius 2 is 2.20 bits per heavy atom. The van der Waals surface area contributed by atoms with Crippen LogP contribution in [-0.2, 0) is 6.42 Å². The van der Waals surface area contributed by atoms with Gasteiger partial charge in [-0.3, -0.25) is 0 Å². The number of para-hydroxylation sites is 1. The zero-order valence-corrected chi connectivity index (χ0v) is 5.38. The van der Waals surface area contributed by atoms with E-state index in [1.54, 1.807) is 6.07 Å². The summed E-state index contributed by atoms with van der Waals surface area (Å²) in [5.74, 6) is 0.690. The van der Waals surface area contributed by atoms with Crippen molar-refractivity contribution in [2.24, 2.45) is 0 Å². The molecule has 0 aromatic heterocycles. The molecule has 0 bridgehead atoms. The van der Waals surface area contributed by atoms with Gasteiger partial charge in [0.2, 0.25) is 6.36 Å². The second-order valence-corrected chi connectivity index (χ2v) is 2.34. The smallest absolute Gasteiger partial charge is 0.242 e. The number of ether oxygens (including phenoxy) is 1. The van der Waals surface area contributed by atoms with E-state index in [4.69, 9.17) is 4.74 Å². The van der Waals surface area contributed by atoms with Crippen molar-refractivity contribution < 1.29 is 9.13 Å². The summed E-state index contributed by atoms with van der Waals surface area (Å²) >= 11 is 0. The van der Waals surface area contributed by atoms with Gasteiger partial charge in [0, 0.05) is 12.0 Å². The third-order valence-electron chi connectivity index (χ3n) is 1.61. The summed E-state index contributed by atoms with van der Waals surface area (Å²) in [5, 5.41) is 0. The SMILES string of the molecule is FC1Cc2ccccc2O1. The van der Waals surface area contributed by atoms with Gasteiger partial charge in [-0.15, -0.1) is 0 Å². The van der Waals surface area contributed by atoms with Crippen LogP contribution in [-0.4, -0.2) is 6.36 Å². The van der Waals surface area contributed by atoms with E-state index in [1.807, 2.05) is 18.2 Å². The van der Waals surface area contributed by atoms with Crippen LogP contribution in [0.3, 0.4) is 0 Å². The highest BCUT2D eigenvalue weighted by atomic mass is 19.1. The Kier molecular flexibility index (Phi) is 1.13. The molecule has 1 aliphatic rings. The van der Waals surface area contributed by atoms with E-state index in [0.29, 0.717) is 12.2 Å². The highest BCUT2D eigenvalue weighted by Gasteiger charge is 2.20. The minimum absolute atomic E-state index is 0.399. The number of fused-ring (bicyclic) bond motifs is 1. The van der Waals surface area contributed by atoms with Crippen LogP contribution in [0, 0.1) is 0 Å². The van der Waals surface area contributed by atoms with Crippen LogP contribution in [0.1, 0.15) is 5.56 Å². The van der Waals surface area contributed by atoms with Gasteiger partial charge in [0.25, 0.3) is 0 Å². The van der Waals surface area contributed by atoms with Gasteiger partial charge in [-0.25, -0.2) is 4.39 Å². The predicted molar refractivity (Wildman–Crippen MR) is 35.7 cm³/mol. The van der Waals surface area contributed by atoms with E-state index in [2.05, 4.69) is 0 Å². The highest BCUT2D eigenvalue weighted by molar-refractivity contribution is 5.36. The van der Waals surface area contributed by atoms with Gasteiger partial charge >= 0.3 is 0 Å². The van der Waals surface area contributed by atoms with Crippen LogP contribution in [0.25, 0.3) is 0 Å². The Bertz CT molecular complexity index is 222. The quantitative estimate of drug-likeness (QED) is 0.532. The van der Waals surface area contributed by atoms with Crippen LogP contribution in [0.4, 0.5) is 4.39 Å². The molecule has 10 heavy (non-hydrogen) atoms. The largest absolute Gasteiger partial charge is 0.460 e. The summed E-state index contributed by atoms with van der Waals surface area (Å²) < 4.78 is 17.3. The van der Waals surface area contributed by atoms with Crippen molar-refractivity contribution in [2.75, 3.05) is 0 Å². The highest BCUT2D eigenvalue weighted by Crippen LogP contribution is 2.28. The van der Waals surface area contributed by atoms with Crippen LogP contribution in [0.15, 0.2) is 24.3 Å². The molecule has 1 aromatic carbocycles. The second kappa shape index (κ2) is 1.97. The first-order chi connectivity index (χ1) is 4.86. The maximum atomic E-state index is 12.5. The number of rotatable bonds is 0. The van der Waals surface area contributed by atoms with Crippen LogP contribution < -0.4 is 4.74 Å². The van der Waals surface area contributed by atoms with Gasteiger partial charge in [0.05, 0.1) is 0 Å². The van der Waals surface area contributed by atoms with E-state index >= 15 is 0 Å². The molecule has 1 aromatic rings. The Hall–Kier alpha value is -1.05. The molecule has 0 aliphatic carbocycles. The molecule has 0 saturated carbocycles. The first-order valence-corrected chi connectivity index (χ1v) is 3.25. The molecule has 0 radical (unpaired) electrons. The molecule has 0 amide bonds. The van der Waals surface area contributed by atoms with Crippen LogP contribution in [0.2, 0.25) is 0 Å². The third-order valence-corrected chi connectivity index (χ3v) is 1.61. The molecule has 0 spiro atoms. The summed E-state index contributed by atoms with van der Waals surface area (Å²) in [6.45, 7) is 0. The number of benzene rings is 1. The van der Waals surface area contributed by atoms with Crippen molar-refractivity contribution in [3.63, 3.8) is 0 Å². The van der Waals surface area contributed by atoms with E-state index in [0.717, 1.165) is 5.56 Å². The van der Waals surface area contributed by atoms with E-state index < -0.39 is 6.36 Å². The molecule has 0 fully saturated rings. The fourth-order valence-corrected chi connectivity index (χ4v) is 1.14. The van der Waals surface area contributed by atoms with Crippen molar-refractivity contribution in [1.82, 2.24) is 0 Å². The van der Waals surface area contributed by atoms with Crippen molar-refractivity contribution in [3.05, 3.63) is 29.8 Å². The van der Waals surface area contributed by atoms with Crippen molar-refractivity contribution in [2.45, 2.75) is 12.8 Å². The molecule has 1 heterocycles. The third kappa shape index (κ3) is 0.764.